The Morgan fingerprint density at radius 2 is 1.79 bits per heavy atom. The molecule has 0 aromatic heterocycles. The maximum Gasteiger partial charge on any atom is 0.192 e. The first-order chi connectivity index (χ1) is 11.6. The topological polar surface area (TPSA) is 12.5 Å². The number of hydrogen-bond acceptors (Lipinski definition) is 2. The number of aryl methyl sites for hydroxylation is 1. The van der Waals surface area contributed by atoms with Crippen molar-refractivity contribution in [1.29, 1.82) is 0 Å². The molecule has 4 heteroatoms. The summed E-state index contributed by atoms with van der Waals surface area (Å²) in [4.78, 5) is 2.39. The van der Waals surface area contributed by atoms with E-state index in [1.165, 1.54) is 22.3 Å². The Morgan fingerprint density at radius 3 is 2.46 bits per heavy atom. The minimum Gasteiger partial charge on any atom is -0.427 e. The Labute approximate surface area is 163 Å². The maximum absolute atomic E-state index is 6.18. The van der Waals surface area contributed by atoms with Crippen LogP contribution in [0.25, 0.3) is 5.57 Å². The van der Waals surface area contributed by atoms with Crippen molar-refractivity contribution >= 4 is 40.2 Å². The molecule has 2 nitrogen and oxygen atoms in total. The predicted octanol–water partition coefficient (Wildman–Crippen LogP) is 5.90. The molecule has 1 fully saturated rings. The molecule has 0 aliphatic carbocycles. The summed E-state index contributed by atoms with van der Waals surface area (Å²) in [5.74, 6) is 0.911. The lowest BCUT2D eigenvalue weighted by atomic mass is 9.86. The summed E-state index contributed by atoms with van der Waals surface area (Å²) in [6.07, 6.45) is 2.17. The van der Waals surface area contributed by atoms with Gasteiger partial charge in [-0.1, -0.05) is 41.4 Å². The van der Waals surface area contributed by atoms with Crippen LogP contribution in [-0.2, 0) is 0 Å². The first-order valence-corrected chi connectivity index (χ1v) is 9.41. The lowest BCUT2D eigenvalue weighted by Crippen LogP contribution is -2.27. The van der Waals surface area contributed by atoms with E-state index in [0.717, 1.165) is 42.3 Å². The van der Waals surface area contributed by atoms with Crippen LogP contribution in [0.5, 0.6) is 5.75 Å². The van der Waals surface area contributed by atoms with Crippen molar-refractivity contribution in [3.05, 3.63) is 69.8 Å². The van der Waals surface area contributed by atoms with E-state index in [2.05, 4.69) is 37.1 Å². The smallest absolute Gasteiger partial charge is 0.192 e. The molecule has 3 rings (SSSR count). The normalized spacial score (nSPS) is 15.4. The zero-order valence-electron chi connectivity index (χ0n) is 14.0. The highest BCUT2D eigenvalue weighted by atomic mass is 127. The van der Waals surface area contributed by atoms with Crippen molar-refractivity contribution in [3.8, 4) is 5.75 Å². The Morgan fingerprint density at radius 1 is 1.08 bits per heavy atom. The van der Waals surface area contributed by atoms with Gasteiger partial charge >= 0.3 is 0 Å². The predicted molar refractivity (Wildman–Crippen MR) is 110 cm³/mol. The number of halogens is 2. The molecule has 1 aliphatic rings. The molecule has 1 aliphatic heterocycles. The number of benzene rings is 2. The second-order valence-corrected chi connectivity index (χ2v) is 7.19. The third-order valence-corrected chi connectivity index (χ3v) is 5.35. The van der Waals surface area contributed by atoms with E-state index < -0.39 is 0 Å². The van der Waals surface area contributed by atoms with Crippen molar-refractivity contribution in [3.63, 3.8) is 0 Å². The fraction of sp³-hybridized carbons (Fsp3) is 0.300. The average molecular weight is 454 g/mol. The SMILES string of the molecule is Cc1cc(Cl)ccc1C(=C1CCN(C)CC1)c1ccccc1OI. The van der Waals surface area contributed by atoms with E-state index in [1.54, 1.807) is 0 Å². The quantitative estimate of drug-likeness (QED) is 0.536. The molecule has 1 heterocycles. The zero-order chi connectivity index (χ0) is 17.1. The van der Waals surface area contributed by atoms with Gasteiger partial charge in [-0.05, 0) is 61.7 Å². The fourth-order valence-electron chi connectivity index (χ4n) is 3.31. The molecule has 2 aromatic carbocycles. The molecule has 24 heavy (non-hydrogen) atoms. The summed E-state index contributed by atoms with van der Waals surface area (Å²) in [5.41, 5.74) is 6.42. The monoisotopic (exact) mass is 453 g/mol. The van der Waals surface area contributed by atoms with Crippen LogP contribution in [0.4, 0.5) is 0 Å². The number of hydrogen-bond donors (Lipinski definition) is 0. The molecule has 1 saturated heterocycles. The summed E-state index contributed by atoms with van der Waals surface area (Å²) >= 11 is 8.15. The van der Waals surface area contributed by atoms with Gasteiger partial charge in [-0.15, -0.1) is 0 Å². The lowest BCUT2D eigenvalue weighted by Gasteiger charge is -2.27. The zero-order valence-corrected chi connectivity index (χ0v) is 16.9. The molecule has 0 atom stereocenters. The summed E-state index contributed by atoms with van der Waals surface area (Å²) < 4.78 is 5.62. The van der Waals surface area contributed by atoms with Gasteiger partial charge in [-0.2, -0.15) is 0 Å². The summed E-state index contributed by atoms with van der Waals surface area (Å²) in [5, 5.41) is 0.780. The number of likely N-dealkylation sites (tertiary alicyclic amines) is 1. The number of rotatable bonds is 3. The standard InChI is InChI=1S/C20H21ClINO/c1-14-13-16(21)7-8-17(14)20(15-9-11-23(2)12-10-15)18-5-3-4-6-19(18)24-22/h3-8,13H,9-12H2,1-2H3. The van der Waals surface area contributed by atoms with Gasteiger partial charge in [0.2, 0.25) is 0 Å². The van der Waals surface area contributed by atoms with Crippen LogP contribution < -0.4 is 3.07 Å². The van der Waals surface area contributed by atoms with Gasteiger partial charge < -0.3 is 7.97 Å². The van der Waals surface area contributed by atoms with Gasteiger partial charge in [-0.25, -0.2) is 0 Å². The highest BCUT2D eigenvalue weighted by Crippen LogP contribution is 2.39. The molecule has 2 aromatic rings. The molecule has 0 radical (unpaired) electrons. The van der Waals surface area contributed by atoms with Gasteiger partial charge in [0, 0.05) is 23.7 Å². The van der Waals surface area contributed by atoms with E-state index in [9.17, 15) is 0 Å². The first kappa shape index (κ1) is 17.8. The van der Waals surface area contributed by atoms with Crippen LogP contribution in [0.3, 0.4) is 0 Å². The largest absolute Gasteiger partial charge is 0.427 e. The van der Waals surface area contributed by atoms with E-state index >= 15 is 0 Å². The highest BCUT2D eigenvalue weighted by molar-refractivity contribution is 14.1. The van der Waals surface area contributed by atoms with Crippen LogP contribution in [0, 0.1) is 6.92 Å². The van der Waals surface area contributed by atoms with Crippen LogP contribution >= 0.6 is 34.6 Å². The summed E-state index contributed by atoms with van der Waals surface area (Å²) in [6.45, 7) is 4.32. The van der Waals surface area contributed by atoms with E-state index in [0.29, 0.717) is 0 Å². The molecule has 0 N–H and O–H groups in total. The van der Waals surface area contributed by atoms with Crippen LogP contribution in [-0.4, -0.2) is 25.0 Å². The molecule has 0 unspecified atom stereocenters. The molecule has 126 valence electrons. The molecule has 0 bridgehead atoms. The molecule has 0 saturated carbocycles. The van der Waals surface area contributed by atoms with Crippen molar-refractivity contribution < 1.29 is 3.07 Å². The molecular formula is C20H21ClINO. The van der Waals surface area contributed by atoms with Gasteiger partial charge in [0.05, 0.1) is 0 Å². The molecule has 0 spiro atoms. The molecule has 0 amide bonds. The van der Waals surface area contributed by atoms with Gasteiger partial charge in [0.25, 0.3) is 0 Å². The number of piperidine rings is 1. The van der Waals surface area contributed by atoms with Crippen LogP contribution in [0.1, 0.15) is 29.5 Å². The third-order valence-electron chi connectivity index (χ3n) is 4.64. The van der Waals surface area contributed by atoms with Crippen molar-refractivity contribution in [2.45, 2.75) is 19.8 Å². The van der Waals surface area contributed by atoms with Crippen molar-refractivity contribution in [2.75, 3.05) is 20.1 Å². The second kappa shape index (κ2) is 7.89. The van der Waals surface area contributed by atoms with Gasteiger partial charge in [0.1, 0.15) is 5.75 Å². The number of nitrogens with zero attached hydrogens (tertiary/aromatic N) is 1. The van der Waals surface area contributed by atoms with E-state index in [-0.39, 0.29) is 0 Å². The van der Waals surface area contributed by atoms with Gasteiger partial charge in [-0.3, -0.25) is 0 Å². The Bertz CT molecular complexity index is 762. The van der Waals surface area contributed by atoms with E-state index in [1.807, 2.05) is 47.3 Å². The van der Waals surface area contributed by atoms with Crippen LogP contribution in [0.15, 0.2) is 48.0 Å². The highest BCUT2D eigenvalue weighted by Gasteiger charge is 2.20. The van der Waals surface area contributed by atoms with Crippen LogP contribution in [0.2, 0.25) is 5.02 Å². The third kappa shape index (κ3) is 3.79. The Balaban J connectivity index is 2.20. The maximum atomic E-state index is 6.18. The fourth-order valence-corrected chi connectivity index (χ4v) is 3.92. The molecular weight excluding hydrogens is 433 g/mol. The minimum atomic E-state index is 0.780. The number of para-hydroxylation sites is 1. The first-order valence-electron chi connectivity index (χ1n) is 8.15. The van der Waals surface area contributed by atoms with Crippen molar-refractivity contribution in [1.82, 2.24) is 4.90 Å². The Hall–Kier alpha value is -1.04. The average Bonchev–Trinajstić information content (AvgIpc) is 2.59. The lowest BCUT2D eigenvalue weighted by molar-refractivity contribution is 0.313. The Kier molecular flexibility index (Phi) is 5.85. The van der Waals surface area contributed by atoms with Gasteiger partial charge in [0.15, 0.2) is 23.0 Å². The second-order valence-electron chi connectivity index (χ2n) is 6.31. The summed E-state index contributed by atoms with van der Waals surface area (Å²) in [7, 11) is 2.19. The minimum absolute atomic E-state index is 0.780. The van der Waals surface area contributed by atoms with E-state index in [4.69, 9.17) is 14.7 Å². The van der Waals surface area contributed by atoms with Crippen molar-refractivity contribution in [2.24, 2.45) is 0 Å². The summed E-state index contributed by atoms with van der Waals surface area (Å²) in [6, 6.07) is 14.4.